The standard InChI is InChI=1S/C14H15BrFNO3/c1-14(13(19)20,12(18)17-10-4-5-10)7-8-2-3-9(15)6-11(8)16/h2-3,6,10H,4-5,7H2,1H3,(H,17,18)(H,19,20). The highest BCUT2D eigenvalue weighted by molar-refractivity contribution is 9.10. The SMILES string of the molecule is CC(Cc1ccc(Br)cc1F)(C(=O)O)C(=O)NC1CC1. The lowest BCUT2D eigenvalue weighted by molar-refractivity contribution is -0.154. The van der Waals surface area contributed by atoms with Gasteiger partial charge in [0.25, 0.3) is 0 Å². The minimum atomic E-state index is -1.67. The van der Waals surface area contributed by atoms with E-state index in [4.69, 9.17) is 0 Å². The Bertz CT molecular complexity index is 559. The largest absolute Gasteiger partial charge is 0.480 e. The number of benzene rings is 1. The maximum atomic E-state index is 13.8. The first kappa shape index (κ1) is 15.0. The summed E-state index contributed by atoms with van der Waals surface area (Å²) in [4.78, 5) is 23.6. The molecule has 1 amide bonds. The lowest BCUT2D eigenvalue weighted by atomic mass is 9.82. The third kappa shape index (κ3) is 3.17. The molecule has 1 fully saturated rings. The van der Waals surface area contributed by atoms with Crippen LogP contribution in [0.2, 0.25) is 0 Å². The molecule has 1 aliphatic carbocycles. The van der Waals surface area contributed by atoms with Gasteiger partial charge in [0.2, 0.25) is 5.91 Å². The zero-order valence-electron chi connectivity index (χ0n) is 11.0. The Hall–Kier alpha value is -1.43. The van der Waals surface area contributed by atoms with E-state index in [1.165, 1.54) is 19.1 Å². The van der Waals surface area contributed by atoms with Gasteiger partial charge in [-0.05, 0) is 37.5 Å². The van der Waals surface area contributed by atoms with Gasteiger partial charge < -0.3 is 10.4 Å². The lowest BCUT2D eigenvalue weighted by Gasteiger charge is -2.24. The molecule has 0 aromatic heterocycles. The molecule has 1 aromatic rings. The van der Waals surface area contributed by atoms with Gasteiger partial charge in [-0.15, -0.1) is 0 Å². The molecule has 108 valence electrons. The number of nitrogens with one attached hydrogen (secondary N) is 1. The van der Waals surface area contributed by atoms with Crippen LogP contribution < -0.4 is 5.32 Å². The van der Waals surface area contributed by atoms with Gasteiger partial charge in [-0.25, -0.2) is 4.39 Å². The van der Waals surface area contributed by atoms with Crippen LogP contribution in [0.25, 0.3) is 0 Å². The number of amides is 1. The van der Waals surface area contributed by atoms with Gasteiger partial charge in [0, 0.05) is 16.9 Å². The normalized spacial score (nSPS) is 17.4. The van der Waals surface area contributed by atoms with Crippen LogP contribution in [0, 0.1) is 11.2 Å². The fourth-order valence-corrected chi connectivity index (χ4v) is 2.20. The van der Waals surface area contributed by atoms with Crippen molar-refractivity contribution in [3.8, 4) is 0 Å². The van der Waals surface area contributed by atoms with Gasteiger partial charge in [-0.3, -0.25) is 9.59 Å². The smallest absolute Gasteiger partial charge is 0.319 e. The summed E-state index contributed by atoms with van der Waals surface area (Å²) in [5.74, 6) is -2.33. The summed E-state index contributed by atoms with van der Waals surface area (Å²) in [6.45, 7) is 1.33. The summed E-state index contributed by atoms with van der Waals surface area (Å²) in [5, 5.41) is 12.0. The Morgan fingerprint density at radius 1 is 1.50 bits per heavy atom. The maximum Gasteiger partial charge on any atom is 0.319 e. The first-order valence-corrected chi connectivity index (χ1v) is 7.10. The second-order valence-electron chi connectivity index (χ2n) is 5.30. The number of carboxylic acids is 1. The number of carbonyl (C=O) groups is 2. The Balaban J connectivity index is 2.23. The van der Waals surface area contributed by atoms with Crippen molar-refractivity contribution in [2.24, 2.45) is 5.41 Å². The molecule has 6 heteroatoms. The molecule has 0 spiro atoms. The average Bonchev–Trinajstić information content (AvgIpc) is 3.16. The van der Waals surface area contributed by atoms with E-state index in [-0.39, 0.29) is 18.0 Å². The summed E-state index contributed by atoms with van der Waals surface area (Å²) in [6, 6.07) is 4.44. The second-order valence-corrected chi connectivity index (χ2v) is 6.21. The molecule has 20 heavy (non-hydrogen) atoms. The third-order valence-corrected chi connectivity index (χ3v) is 3.94. The van der Waals surface area contributed by atoms with E-state index in [9.17, 15) is 19.1 Å². The van der Waals surface area contributed by atoms with E-state index in [0.29, 0.717) is 4.47 Å². The zero-order chi connectivity index (χ0) is 14.9. The minimum absolute atomic E-state index is 0.0657. The third-order valence-electron chi connectivity index (χ3n) is 3.44. The number of halogens is 2. The summed E-state index contributed by atoms with van der Waals surface area (Å²) in [5.41, 5.74) is -1.46. The van der Waals surface area contributed by atoms with E-state index in [1.54, 1.807) is 6.07 Å². The van der Waals surface area contributed by atoms with Crippen molar-refractivity contribution in [1.82, 2.24) is 5.32 Å². The van der Waals surface area contributed by atoms with Gasteiger partial charge in [0.15, 0.2) is 0 Å². The Kier molecular flexibility index (Phi) is 4.13. The van der Waals surface area contributed by atoms with Gasteiger partial charge in [-0.2, -0.15) is 0 Å². The maximum absolute atomic E-state index is 13.8. The van der Waals surface area contributed by atoms with Crippen LogP contribution in [0.5, 0.6) is 0 Å². The van der Waals surface area contributed by atoms with Crippen LogP contribution in [-0.2, 0) is 16.0 Å². The lowest BCUT2D eigenvalue weighted by Crippen LogP contribution is -2.46. The molecular formula is C14H15BrFNO3. The van der Waals surface area contributed by atoms with Gasteiger partial charge in [0.1, 0.15) is 11.2 Å². The molecule has 1 aromatic carbocycles. The highest BCUT2D eigenvalue weighted by Gasteiger charge is 2.43. The van der Waals surface area contributed by atoms with Crippen LogP contribution in [-0.4, -0.2) is 23.0 Å². The Morgan fingerprint density at radius 2 is 2.15 bits per heavy atom. The van der Waals surface area contributed by atoms with Crippen molar-refractivity contribution in [2.45, 2.75) is 32.2 Å². The first-order valence-electron chi connectivity index (χ1n) is 6.31. The minimum Gasteiger partial charge on any atom is -0.480 e. The van der Waals surface area contributed by atoms with Crippen LogP contribution in [0.3, 0.4) is 0 Å². The Morgan fingerprint density at radius 3 is 2.65 bits per heavy atom. The molecule has 0 saturated heterocycles. The van der Waals surface area contributed by atoms with Crippen molar-refractivity contribution in [3.63, 3.8) is 0 Å². The number of carbonyl (C=O) groups excluding carboxylic acids is 1. The summed E-state index contributed by atoms with van der Waals surface area (Å²) >= 11 is 3.14. The summed E-state index contributed by atoms with van der Waals surface area (Å²) < 4.78 is 14.4. The summed E-state index contributed by atoms with van der Waals surface area (Å²) in [6.07, 6.45) is 1.56. The molecule has 1 atom stereocenters. The molecule has 1 aliphatic rings. The molecule has 4 nitrogen and oxygen atoms in total. The predicted octanol–water partition coefficient (Wildman–Crippen LogP) is 2.50. The molecule has 0 aliphatic heterocycles. The zero-order valence-corrected chi connectivity index (χ0v) is 12.5. The van der Waals surface area contributed by atoms with Crippen LogP contribution >= 0.6 is 15.9 Å². The van der Waals surface area contributed by atoms with Crippen molar-refractivity contribution < 1.29 is 19.1 Å². The average molecular weight is 344 g/mol. The Labute approximate surface area is 124 Å². The van der Waals surface area contributed by atoms with E-state index in [0.717, 1.165) is 12.8 Å². The van der Waals surface area contributed by atoms with Gasteiger partial charge >= 0.3 is 5.97 Å². The number of hydrogen-bond donors (Lipinski definition) is 2. The number of rotatable bonds is 5. The molecule has 2 rings (SSSR count). The monoisotopic (exact) mass is 343 g/mol. The number of aliphatic carboxylic acids is 1. The molecule has 2 N–H and O–H groups in total. The van der Waals surface area contributed by atoms with Crippen LogP contribution in [0.15, 0.2) is 22.7 Å². The number of carboxylic acid groups (broad SMARTS) is 1. The fraction of sp³-hybridized carbons (Fsp3) is 0.429. The van der Waals surface area contributed by atoms with E-state index in [2.05, 4.69) is 21.2 Å². The number of hydrogen-bond acceptors (Lipinski definition) is 2. The second kappa shape index (κ2) is 5.52. The molecule has 1 saturated carbocycles. The molecular weight excluding hydrogens is 329 g/mol. The fourth-order valence-electron chi connectivity index (χ4n) is 1.87. The van der Waals surface area contributed by atoms with Crippen molar-refractivity contribution in [2.75, 3.05) is 0 Å². The van der Waals surface area contributed by atoms with E-state index in [1.807, 2.05) is 0 Å². The quantitative estimate of drug-likeness (QED) is 0.807. The van der Waals surface area contributed by atoms with Crippen molar-refractivity contribution in [3.05, 3.63) is 34.1 Å². The van der Waals surface area contributed by atoms with Crippen LogP contribution in [0.4, 0.5) is 4.39 Å². The molecule has 0 heterocycles. The van der Waals surface area contributed by atoms with E-state index >= 15 is 0 Å². The molecule has 0 bridgehead atoms. The highest BCUT2D eigenvalue weighted by atomic mass is 79.9. The predicted molar refractivity (Wildman–Crippen MR) is 74.7 cm³/mol. The van der Waals surface area contributed by atoms with E-state index < -0.39 is 23.1 Å². The molecule has 1 unspecified atom stereocenters. The highest BCUT2D eigenvalue weighted by Crippen LogP contribution is 2.28. The van der Waals surface area contributed by atoms with Gasteiger partial charge in [0.05, 0.1) is 0 Å². The topological polar surface area (TPSA) is 66.4 Å². The molecule has 0 radical (unpaired) electrons. The van der Waals surface area contributed by atoms with Gasteiger partial charge in [-0.1, -0.05) is 22.0 Å². The first-order chi connectivity index (χ1) is 9.33. The summed E-state index contributed by atoms with van der Waals surface area (Å²) in [7, 11) is 0. The van der Waals surface area contributed by atoms with Crippen molar-refractivity contribution in [1.29, 1.82) is 0 Å². The van der Waals surface area contributed by atoms with Crippen molar-refractivity contribution >= 4 is 27.8 Å². The van der Waals surface area contributed by atoms with Crippen LogP contribution in [0.1, 0.15) is 25.3 Å².